The van der Waals surface area contributed by atoms with Crippen LogP contribution >= 0.6 is 0 Å². The SMILES string of the molecule is C=C(CCCCCCCCC#CCCCCCCCCCCCC)NC(C)CC. The molecule has 0 amide bonds. The van der Waals surface area contributed by atoms with Crippen molar-refractivity contribution in [1.29, 1.82) is 0 Å². The first kappa shape index (κ1) is 28.1. The van der Waals surface area contributed by atoms with Crippen molar-refractivity contribution in [2.75, 3.05) is 0 Å². The molecular formula is C28H53N. The summed E-state index contributed by atoms with van der Waals surface area (Å²) in [7, 11) is 0. The van der Waals surface area contributed by atoms with Crippen molar-refractivity contribution < 1.29 is 0 Å². The molecule has 0 aromatic rings. The quantitative estimate of drug-likeness (QED) is 0.149. The van der Waals surface area contributed by atoms with Crippen LogP contribution in [-0.2, 0) is 0 Å². The van der Waals surface area contributed by atoms with Crippen molar-refractivity contribution in [3.8, 4) is 11.8 Å². The summed E-state index contributed by atoms with van der Waals surface area (Å²) in [5.41, 5.74) is 1.22. The molecule has 0 spiro atoms. The van der Waals surface area contributed by atoms with Gasteiger partial charge in [0.15, 0.2) is 0 Å². The predicted molar refractivity (Wildman–Crippen MR) is 133 cm³/mol. The maximum atomic E-state index is 4.14. The number of hydrogen-bond donors (Lipinski definition) is 1. The maximum absolute atomic E-state index is 4.14. The molecule has 0 saturated heterocycles. The van der Waals surface area contributed by atoms with Crippen molar-refractivity contribution in [2.24, 2.45) is 0 Å². The summed E-state index contributed by atoms with van der Waals surface area (Å²) >= 11 is 0. The zero-order valence-electron chi connectivity index (χ0n) is 20.4. The van der Waals surface area contributed by atoms with Crippen LogP contribution in [0.5, 0.6) is 0 Å². The largest absolute Gasteiger partial charge is 0.386 e. The normalized spacial score (nSPS) is 11.7. The smallest absolute Gasteiger partial charge is 0.0227 e. The number of rotatable bonds is 21. The standard InChI is InChI=1S/C28H53N/c1-5-7-8-9-10-11-12-13-14-15-16-17-18-19-20-21-22-23-24-25-26-28(4)29-27(3)6-2/h27,29H,4-16,19-26H2,1-3H3. The first-order valence-corrected chi connectivity index (χ1v) is 13.1. The van der Waals surface area contributed by atoms with Crippen LogP contribution in [0.2, 0.25) is 0 Å². The van der Waals surface area contributed by atoms with E-state index in [1.54, 1.807) is 0 Å². The van der Waals surface area contributed by atoms with E-state index in [0.29, 0.717) is 6.04 Å². The minimum absolute atomic E-state index is 0.564. The highest BCUT2D eigenvalue weighted by atomic mass is 14.9. The van der Waals surface area contributed by atoms with Crippen LogP contribution in [0.25, 0.3) is 0 Å². The van der Waals surface area contributed by atoms with Crippen LogP contribution in [-0.4, -0.2) is 6.04 Å². The maximum Gasteiger partial charge on any atom is 0.0227 e. The van der Waals surface area contributed by atoms with Gasteiger partial charge in [-0.05, 0) is 39.0 Å². The molecule has 1 atom stereocenters. The summed E-state index contributed by atoms with van der Waals surface area (Å²) in [6.07, 6.45) is 26.6. The molecule has 170 valence electrons. The van der Waals surface area contributed by atoms with Gasteiger partial charge in [0.25, 0.3) is 0 Å². The lowest BCUT2D eigenvalue weighted by atomic mass is 10.1. The molecular weight excluding hydrogens is 350 g/mol. The Kier molecular flexibility index (Phi) is 22.7. The van der Waals surface area contributed by atoms with Crippen LogP contribution in [0.15, 0.2) is 12.3 Å². The Bertz CT molecular complexity index is 400. The Morgan fingerprint density at radius 1 is 0.655 bits per heavy atom. The van der Waals surface area contributed by atoms with E-state index in [2.05, 4.69) is 44.5 Å². The summed E-state index contributed by atoms with van der Waals surface area (Å²) in [5, 5.41) is 3.48. The van der Waals surface area contributed by atoms with Gasteiger partial charge in [-0.1, -0.05) is 104 Å². The Balaban J connectivity index is 3.22. The van der Waals surface area contributed by atoms with E-state index in [4.69, 9.17) is 0 Å². The summed E-state index contributed by atoms with van der Waals surface area (Å²) in [4.78, 5) is 0. The Morgan fingerprint density at radius 2 is 1.07 bits per heavy atom. The Labute approximate surface area is 184 Å². The molecule has 29 heavy (non-hydrogen) atoms. The van der Waals surface area contributed by atoms with Gasteiger partial charge < -0.3 is 5.32 Å². The first-order chi connectivity index (χ1) is 14.2. The van der Waals surface area contributed by atoms with Gasteiger partial charge in [-0.3, -0.25) is 0 Å². The van der Waals surface area contributed by atoms with Crippen LogP contribution in [0.1, 0.15) is 149 Å². The van der Waals surface area contributed by atoms with E-state index >= 15 is 0 Å². The third-order valence-corrected chi connectivity index (χ3v) is 5.87. The second-order valence-corrected chi connectivity index (χ2v) is 8.96. The van der Waals surface area contributed by atoms with Gasteiger partial charge in [0.2, 0.25) is 0 Å². The van der Waals surface area contributed by atoms with E-state index in [1.165, 1.54) is 115 Å². The molecule has 0 rings (SSSR count). The fourth-order valence-electron chi connectivity index (χ4n) is 3.66. The van der Waals surface area contributed by atoms with Crippen molar-refractivity contribution in [2.45, 2.75) is 155 Å². The minimum Gasteiger partial charge on any atom is -0.386 e. The third kappa shape index (κ3) is 23.2. The van der Waals surface area contributed by atoms with Crippen LogP contribution in [0.4, 0.5) is 0 Å². The fourth-order valence-corrected chi connectivity index (χ4v) is 3.66. The number of hydrogen-bond acceptors (Lipinski definition) is 1. The molecule has 1 N–H and O–H groups in total. The van der Waals surface area contributed by atoms with Gasteiger partial charge in [0.1, 0.15) is 0 Å². The predicted octanol–water partition coefficient (Wildman–Crippen LogP) is 9.32. The van der Waals surface area contributed by atoms with Crippen molar-refractivity contribution >= 4 is 0 Å². The van der Waals surface area contributed by atoms with Gasteiger partial charge in [-0.15, -0.1) is 11.8 Å². The lowest BCUT2D eigenvalue weighted by molar-refractivity contribution is 0.553. The van der Waals surface area contributed by atoms with Gasteiger partial charge in [0, 0.05) is 24.6 Å². The number of nitrogens with one attached hydrogen (secondary N) is 1. The monoisotopic (exact) mass is 403 g/mol. The van der Waals surface area contributed by atoms with Gasteiger partial charge in [-0.2, -0.15) is 0 Å². The molecule has 0 radical (unpaired) electrons. The Morgan fingerprint density at radius 3 is 1.52 bits per heavy atom. The summed E-state index contributed by atoms with van der Waals surface area (Å²) in [5.74, 6) is 6.77. The zero-order valence-corrected chi connectivity index (χ0v) is 20.4. The lowest BCUT2D eigenvalue weighted by Crippen LogP contribution is -2.23. The molecule has 1 heteroatoms. The molecule has 0 aromatic heterocycles. The molecule has 0 saturated carbocycles. The van der Waals surface area contributed by atoms with Crippen LogP contribution in [0.3, 0.4) is 0 Å². The molecule has 0 aliphatic rings. The summed E-state index contributed by atoms with van der Waals surface area (Å²) in [6.45, 7) is 10.9. The van der Waals surface area contributed by atoms with E-state index in [9.17, 15) is 0 Å². The van der Waals surface area contributed by atoms with Crippen molar-refractivity contribution in [3.05, 3.63) is 12.3 Å². The van der Waals surface area contributed by atoms with E-state index in [-0.39, 0.29) is 0 Å². The molecule has 0 fully saturated rings. The second-order valence-electron chi connectivity index (χ2n) is 8.96. The van der Waals surface area contributed by atoms with Gasteiger partial charge in [0.05, 0.1) is 0 Å². The molecule has 0 bridgehead atoms. The van der Waals surface area contributed by atoms with Crippen LogP contribution in [0, 0.1) is 11.8 Å². The van der Waals surface area contributed by atoms with Crippen molar-refractivity contribution in [3.63, 3.8) is 0 Å². The highest BCUT2D eigenvalue weighted by Gasteiger charge is 1.99. The van der Waals surface area contributed by atoms with E-state index < -0.39 is 0 Å². The molecule has 1 unspecified atom stereocenters. The molecule has 0 aliphatic carbocycles. The fraction of sp³-hybridized carbons (Fsp3) is 0.857. The second kappa shape index (κ2) is 23.4. The van der Waals surface area contributed by atoms with Crippen molar-refractivity contribution in [1.82, 2.24) is 5.32 Å². The molecule has 0 aliphatic heterocycles. The van der Waals surface area contributed by atoms with E-state index in [1.807, 2.05) is 0 Å². The zero-order chi connectivity index (χ0) is 21.4. The highest BCUT2D eigenvalue weighted by Crippen LogP contribution is 2.12. The van der Waals surface area contributed by atoms with E-state index in [0.717, 1.165) is 19.3 Å². The van der Waals surface area contributed by atoms with Crippen LogP contribution < -0.4 is 5.32 Å². The molecule has 0 aromatic carbocycles. The number of unbranched alkanes of at least 4 members (excludes halogenated alkanes) is 16. The summed E-state index contributed by atoms with van der Waals surface area (Å²) < 4.78 is 0. The average molecular weight is 404 g/mol. The average Bonchev–Trinajstić information content (AvgIpc) is 2.72. The lowest BCUT2D eigenvalue weighted by Gasteiger charge is -2.15. The Hall–Kier alpha value is -0.900. The first-order valence-electron chi connectivity index (χ1n) is 13.1. The minimum atomic E-state index is 0.564. The summed E-state index contributed by atoms with van der Waals surface area (Å²) in [6, 6.07) is 0.564. The van der Waals surface area contributed by atoms with Gasteiger partial charge in [-0.25, -0.2) is 0 Å². The topological polar surface area (TPSA) is 12.0 Å². The third-order valence-electron chi connectivity index (χ3n) is 5.87. The highest BCUT2D eigenvalue weighted by molar-refractivity contribution is 4.98. The number of allylic oxidation sites excluding steroid dienone is 1. The van der Waals surface area contributed by atoms with Gasteiger partial charge >= 0.3 is 0 Å². The molecule has 0 heterocycles. The molecule has 1 nitrogen and oxygen atoms in total.